The molecule has 0 saturated carbocycles. The summed E-state index contributed by atoms with van der Waals surface area (Å²) in [5, 5.41) is 12.4. The molecular formula is C30H26N4O3. The Morgan fingerprint density at radius 1 is 0.973 bits per heavy atom. The van der Waals surface area contributed by atoms with Crippen LogP contribution in [-0.4, -0.2) is 31.2 Å². The predicted molar refractivity (Wildman–Crippen MR) is 144 cm³/mol. The van der Waals surface area contributed by atoms with E-state index in [9.17, 15) is 9.59 Å². The monoisotopic (exact) mass is 490 g/mol. The third-order valence-corrected chi connectivity index (χ3v) is 6.26. The van der Waals surface area contributed by atoms with Crippen molar-refractivity contribution in [2.75, 3.05) is 5.32 Å². The average Bonchev–Trinajstić information content (AvgIpc) is 3.38. The molecular weight excluding hydrogens is 464 g/mol. The zero-order valence-corrected chi connectivity index (χ0v) is 20.6. The van der Waals surface area contributed by atoms with E-state index in [0.717, 1.165) is 11.1 Å². The molecule has 0 saturated heterocycles. The van der Waals surface area contributed by atoms with Gasteiger partial charge in [-0.05, 0) is 47.4 Å². The molecule has 0 atom stereocenters. The number of hydrogen-bond acceptors (Lipinski definition) is 5. The van der Waals surface area contributed by atoms with Gasteiger partial charge in [0.15, 0.2) is 17.2 Å². The predicted octanol–water partition coefficient (Wildman–Crippen LogP) is 6.39. The summed E-state index contributed by atoms with van der Waals surface area (Å²) in [7, 11) is 0. The van der Waals surface area contributed by atoms with E-state index in [1.54, 1.807) is 18.3 Å². The maximum atomic E-state index is 12.9. The van der Waals surface area contributed by atoms with Crippen LogP contribution in [0.4, 0.5) is 11.5 Å². The van der Waals surface area contributed by atoms with Gasteiger partial charge in [-0.2, -0.15) is 0 Å². The number of carboxylic acid groups (broad SMARTS) is 1. The van der Waals surface area contributed by atoms with Crippen LogP contribution < -0.4 is 5.32 Å². The Hall–Kier alpha value is -4.78. The SMILES string of the molecule is CC(C)c1ccc(C(=O)Cc2cccc(-c3cn4ccnc4c(Nc4ccc(C(=O)O)cc4)n3)c2)cc1. The second-order valence-corrected chi connectivity index (χ2v) is 9.22. The number of fused-ring (bicyclic) bond motifs is 1. The summed E-state index contributed by atoms with van der Waals surface area (Å²) in [4.78, 5) is 33.3. The molecule has 0 aliphatic heterocycles. The first-order chi connectivity index (χ1) is 17.9. The topological polar surface area (TPSA) is 96.6 Å². The Morgan fingerprint density at radius 2 is 1.70 bits per heavy atom. The smallest absolute Gasteiger partial charge is 0.335 e. The molecule has 0 fully saturated rings. The third-order valence-electron chi connectivity index (χ3n) is 6.26. The fourth-order valence-corrected chi connectivity index (χ4v) is 4.17. The Balaban J connectivity index is 1.41. The molecule has 5 aromatic rings. The highest BCUT2D eigenvalue weighted by molar-refractivity contribution is 5.97. The summed E-state index contributed by atoms with van der Waals surface area (Å²) in [5.41, 5.74) is 5.95. The van der Waals surface area contributed by atoms with Crippen molar-refractivity contribution in [3.05, 3.63) is 114 Å². The number of ketones is 1. The van der Waals surface area contributed by atoms with Gasteiger partial charge in [0, 0.05) is 41.8 Å². The Kier molecular flexibility index (Phi) is 6.51. The molecule has 0 amide bonds. The van der Waals surface area contributed by atoms with Crippen molar-refractivity contribution in [2.45, 2.75) is 26.2 Å². The molecule has 37 heavy (non-hydrogen) atoms. The summed E-state index contributed by atoms with van der Waals surface area (Å²) in [6.07, 6.45) is 5.72. The molecule has 2 heterocycles. The molecule has 7 nitrogen and oxygen atoms in total. The molecule has 184 valence electrons. The van der Waals surface area contributed by atoms with Gasteiger partial charge >= 0.3 is 5.97 Å². The fourth-order valence-electron chi connectivity index (χ4n) is 4.17. The lowest BCUT2D eigenvalue weighted by Gasteiger charge is -2.11. The number of hydrogen-bond donors (Lipinski definition) is 2. The highest BCUT2D eigenvalue weighted by atomic mass is 16.4. The molecule has 0 unspecified atom stereocenters. The van der Waals surface area contributed by atoms with E-state index in [1.807, 2.05) is 65.3 Å². The van der Waals surface area contributed by atoms with Gasteiger partial charge < -0.3 is 14.8 Å². The number of carbonyl (C=O) groups is 2. The number of aromatic nitrogens is 3. The number of anilines is 2. The molecule has 7 heteroatoms. The number of imidazole rings is 1. The van der Waals surface area contributed by atoms with Crippen LogP contribution in [0.2, 0.25) is 0 Å². The largest absolute Gasteiger partial charge is 0.478 e. The van der Waals surface area contributed by atoms with Crippen molar-refractivity contribution in [1.29, 1.82) is 0 Å². The van der Waals surface area contributed by atoms with Crippen LogP contribution in [0, 0.1) is 0 Å². The van der Waals surface area contributed by atoms with E-state index in [0.29, 0.717) is 40.7 Å². The molecule has 0 aliphatic rings. The first-order valence-corrected chi connectivity index (χ1v) is 12.0. The Bertz CT molecular complexity index is 1590. The zero-order valence-electron chi connectivity index (χ0n) is 20.6. The second kappa shape index (κ2) is 10.1. The van der Waals surface area contributed by atoms with E-state index in [-0.39, 0.29) is 11.3 Å². The van der Waals surface area contributed by atoms with Gasteiger partial charge in [-0.15, -0.1) is 0 Å². The van der Waals surface area contributed by atoms with Crippen LogP contribution in [0.1, 0.15) is 51.6 Å². The minimum absolute atomic E-state index is 0.0673. The number of carboxylic acids is 1. The van der Waals surface area contributed by atoms with E-state index in [2.05, 4.69) is 24.1 Å². The van der Waals surface area contributed by atoms with Gasteiger partial charge in [0.1, 0.15) is 0 Å². The molecule has 0 radical (unpaired) electrons. The zero-order chi connectivity index (χ0) is 25.9. The standard InChI is InChI=1S/C30H26N4O3/c1-19(2)21-6-8-22(9-7-21)27(35)17-20-4-3-5-24(16-20)26-18-34-15-14-31-29(34)28(33-26)32-25-12-10-23(11-13-25)30(36)37/h3-16,18-19H,17H2,1-2H3,(H,32,33)(H,36,37). The fraction of sp³-hybridized carbons (Fsp3) is 0.133. The van der Waals surface area contributed by atoms with Crippen molar-refractivity contribution in [3.63, 3.8) is 0 Å². The number of benzene rings is 3. The van der Waals surface area contributed by atoms with Crippen LogP contribution in [0.25, 0.3) is 16.9 Å². The Labute approximate surface area is 214 Å². The molecule has 3 aromatic carbocycles. The summed E-state index contributed by atoms with van der Waals surface area (Å²) in [5.74, 6) is 0.0489. The van der Waals surface area contributed by atoms with Gasteiger partial charge in [0.2, 0.25) is 0 Å². The minimum Gasteiger partial charge on any atom is -0.478 e. The molecule has 0 spiro atoms. The van der Waals surface area contributed by atoms with Gasteiger partial charge in [-0.3, -0.25) is 4.79 Å². The summed E-state index contributed by atoms with van der Waals surface area (Å²) in [6, 6.07) is 22.1. The lowest BCUT2D eigenvalue weighted by Crippen LogP contribution is -2.04. The van der Waals surface area contributed by atoms with E-state index < -0.39 is 5.97 Å². The lowest BCUT2D eigenvalue weighted by atomic mass is 9.97. The van der Waals surface area contributed by atoms with Crippen molar-refractivity contribution in [3.8, 4) is 11.3 Å². The quantitative estimate of drug-likeness (QED) is 0.245. The summed E-state index contributed by atoms with van der Waals surface area (Å²) < 4.78 is 1.88. The highest BCUT2D eigenvalue weighted by Gasteiger charge is 2.13. The third kappa shape index (κ3) is 5.26. The van der Waals surface area contributed by atoms with Crippen molar-refractivity contribution < 1.29 is 14.7 Å². The molecule has 2 N–H and O–H groups in total. The van der Waals surface area contributed by atoms with Crippen molar-refractivity contribution in [2.24, 2.45) is 0 Å². The maximum absolute atomic E-state index is 12.9. The van der Waals surface area contributed by atoms with E-state index in [4.69, 9.17) is 10.1 Å². The van der Waals surface area contributed by atoms with E-state index >= 15 is 0 Å². The van der Waals surface area contributed by atoms with Gasteiger partial charge in [0.25, 0.3) is 0 Å². The number of aromatic carboxylic acids is 1. The number of Topliss-reactive ketones (excluding diaryl/α,β-unsaturated/α-hetero) is 1. The van der Waals surface area contributed by atoms with Gasteiger partial charge in [0.05, 0.1) is 11.3 Å². The van der Waals surface area contributed by atoms with Gasteiger partial charge in [-0.1, -0.05) is 56.3 Å². The van der Waals surface area contributed by atoms with E-state index in [1.165, 1.54) is 17.7 Å². The molecule has 0 bridgehead atoms. The van der Waals surface area contributed by atoms with Crippen molar-refractivity contribution >= 4 is 28.9 Å². The molecule has 2 aromatic heterocycles. The van der Waals surface area contributed by atoms with Crippen LogP contribution >= 0.6 is 0 Å². The van der Waals surface area contributed by atoms with Crippen LogP contribution in [0.3, 0.4) is 0 Å². The lowest BCUT2D eigenvalue weighted by molar-refractivity contribution is 0.0696. The highest BCUT2D eigenvalue weighted by Crippen LogP contribution is 2.26. The normalized spacial score (nSPS) is 11.1. The average molecular weight is 491 g/mol. The number of rotatable bonds is 8. The summed E-state index contributed by atoms with van der Waals surface area (Å²) in [6.45, 7) is 4.26. The van der Waals surface area contributed by atoms with Gasteiger partial charge in [-0.25, -0.2) is 14.8 Å². The first kappa shape index (κ1) is 23.9. The maximum Gasteiger partial charge on any atom is 0.335 e. The summed E-state index contributed by atoms with van der Waals surface area (Å²) >= 11 is 0. The van der Waals surface area contributed by atoms with Crippen LogP contribution in [-0.2, 0) is 6.42 Å². The van der Waals surface area contributed by atoms with Crippen LogP contribution in [0.15, 0.2) is 91.4 Å². The molecule has 5 rings (SSSR count). The number of nitrogens with one attached hydrogen (secondary N) is 1. The number of nitrogens with zero attached hydrogens (tertiary/aromatic N) is 3. The molecule has 0 aliphatic carbocycles. The first-order valence-electron chi connectivity index (χ1n) is 12.0. The Morgan fingerprint density at radius 3 is 2.41 bits per heavy atom. The minimum atomic E-state index is -0.978. The number of carbonyl (C=O) groups excluding carboxylic acids is 1. The van der Waals surface area contributed by atoms with Crippen molar-refractivity contribution in [1.82, 2.24) is 14.4 Å². The second-order valence-electron chi connectivity index (χ2n) is 9.22. The van der Waals surface area contributed by atoms with Crippen LogP contribution in [0.5, 0.6) is 0 Å².